The molecule has 5 rings (SSSR count). The molecule has 0 bridgehead atoms. The fraction of sp³-hybridized carbons (Fsp3) is 0.364. The van der Waals surface area contributed by atoms with E-state index >= 15 is 0 Å². The molecule has 148 valence electrons. The summed E-state index contributed by atoms with van der Waals surface area (Å²) in [5.74, 6) is 0.899. The Hall–Kier alpha value is -3.22. The fourth-order valence-electron chi connectivity index (χ4n) is 4.28. The Labute approximate surface area is 168 Å². The maximum absolute atomic E-state index is 13.0. The van der Waals surface area contributed by atoms with E-state index in [1.165, 1.54) is 19.8 Å². The third-order valence-corrected chi connectivity index (χ3v) is 5.98. The molecule has 2 aromatic heterocycles. The summed E-state index contributed by atoms with van der Waals surface area (Å²) in [6, 6.07) is 8.35. The maximum atomic E-state index is 13.0. The van der Waals surface area contributed by atoms with Crippen molar-refractivity contribution in [3.05, 3.63) is 47.2 Å². The molecule has 7 nitrogen and oxygen atoms in total. The van der Waals surface area contributed by atoms with Crippen molar-refractivity contribution >= 4 is 23.4 Å². The number of hydrogen-bond acceptors (Lipinski definition) is 4. The molecule has 0 saturated heterocycles. The fourth-order valence-corrected chi connectivity index (χ4v) is 4.28. The van der Waals surface area contributed by atoms with Gasteiger partial charge in [-0.05, 0) is 67.5 Å². The lowest BCUT2D eigenvalue weighted by molar-refractivity contribution is -0.114. The molecule has 1 aliphatic carbocycles. The second kappa shape index (κ2) is 6.40. The van der Waals surface area contributed by atoms with Crippen LogP contribution in [0.5, 0.6) is 0 Å². The Morgan fingerprint density at radius 1 is 1.24 bits per heavy atom. The summed E-state index contributed by atoms with van der Waals surface area (Å²) in [6.07, 6.45) is 4.35. The minimum Gasteiger partial charge on any atom is -0.331 e. The number of nitrogens with one attached hydrogen (secondary N) is 1. The van der Waals surface area contributed by atoms with Crippen molar-refractivity contribution in [1.82, 2.24) is 19.5 Å². The van der Waals surface area contributed by atoms with Crippen molar-refractivity contribution in [2.75, 3.05) is 5.32 Å². The molecule has 2 amide bonds. The van der Waals surface area contributed by atoms with Crippen LogP contribution in [0.25, 0.3) is 16.8 Å². The zero-order valence-corrected chi connectivity index (χ0v) is 16.8. The number of anilines is 1. The Bertz CT molecular complexity index is 1160. The monoisotopic (exact) mass is 389 g/mol. The van der Waals surface area contributed by atoms with E-state index in [9.17, 15) is 9.59 Å². The van der Waals surface area contributed by atoms with Gasteiger partial charge in [0.2, 0.25) is 11.9 Å². The van der Waals surface area contributed by atoms with Crippen molar-refractivity contribution in [3.63, 3.8) is 0 Å². The van der Waals surface area contributed by atoms with Crippen LogP contribution >= 0.6 is 0 Å². The highest BCUT2D eigenvalue weighted by Gasteiger charge is 2.39. The third-order valence-electron chi connectivity index (χ3n) is 5.98. The predicted octanol–water partition coefficient (Wildman–Crippen LogP) is 3.42. The minimum atomic E-state index is -0.204. The standard InChI is InChI=1S/C22H23N5O2/c1-12-8-17(9-18-10-26(21(29)20(12)18)13(2)15-4-5-15)16-6-7-19-24-22(23-14(3)28)25-27(19)11-16/h6-9,11,13,15H,4-5,10H2,1-3H3,(H,23,25,28)/t13-/m0/s1. The molecule has 0 spiro atoms. The number of carbonyl (C=O) groups is 2. The van der Waals surface area contributed by atoms with Gasteiger partial charge in [-0.2, -0.15) is 4.98 Å². The molecular weight excluding hydrogens is 366 g/mol. The topological polar surface area (TPSA) is 79.6 Å². The number of nitrogens with zero attached hydrogens (tertiary/aromatic N) is 4. The van der Waals surface area contributed by atoms with Crippen molar-refractivity contribution in [2.45, 2.75) is 46.2 Å². The molecular formula is C22H23N5O2. The third kappa shape index (κ3) is 3.06. The summed E-state index contributed by atoms with van der Waals surface area (Å²) in [4.78, 5) is 30.5. The molecule has 0 radical (unpaired) electrons. The lowest BCUT2D eigenvalue weighted by Gasteiger charge is -2.24. The molecule has 1 aliphatic heterocycles. The first kappa shape index (κ1) is 17.8. The average molecular weight is 389 g/mol. The van der Waals surface area contributed by atoms with E-state index in [1.807, 2.05) is 30.2 Å². The second-order valence-electron chi connectivity index (χ2n) is 8.18. The molecule has 2 aliphatic rings. The summed E-state index contributed by atoms with van der Waals surface area (Å²) >= 11 is 0. The minimum absolute atomic E-state index is 0.162. The van der Waals surface area contributed by atoms with Gasteiger partial charge in [0.05, 0.1) is 0 Å². The predicted molar refractivity (Wildman–Crippen MR) is 110 cm³/mol. The quantitative estimate of drug-likeness (QED) is 0.742. The van der Waals surface area contributed by atoms with Crippen molar-refractivity contribution in [1.29, 1.82) is 0 Å². The number of hydrogen-bond donors (Lipinski definition) is 1. The van der Waals surface area contributed by atoms with Crippen LogP contribution in [0, 0.1) is 12.8 Å². The Morgan fingerprint density at radius 2 is 2.03 bits per heavy atom. The SMILES string of the molecule is CC(=O)Nc1nc2ccc(-c3cc(C)c4c(c3)CN([C@@H](C)C3CC3)C4=O)cn2n1. The van der Waals surface area contributed by atoms with Crippen LogP contribution in [-0.4, -0.2) is 37.4 Å². The van der Waals surface area contributed by atoms with Crippen LogP contribution in [0.1, 0.15) is 48.2 Å². The molecule has 1 saturated carbocycles. The van der Waals surface area contributed by atoms with Crippen LogP contribution < -0.4 is 5.32 Å². The van der Waals surface area contributed by atoms with E-state index < -0.39 is 0 Å². The van der Waals surface area contributed by atoms with E-state index in [-0.39, 0.29) is 17.8 Å². The van der Waals surface area contributed by atoms with Gasteiger partial charge in [0.1, 0.15) is 0 Å². The molecule has 1 aromatic carbocycles. The lowest BCUT2D eigenvalue weighted by Crippen LogP contribution is -2.34. The van der Waals surface area contributed by atoms with E-state index in [0.29, 0.717) is 24.2 Å². The number of amides is 2. The lowest BCUT2D eigenvalue weighted by atomic mass is 9.97. The summed E-state index contributed by atoms with van der Waals surface area (Å²) in [5.41, 5.74) is 5.66. The largest absolute Gasteiger partial charge is 0.331 e. The molecule has 1 fully saturated rings. The summed E-state index contributed by atoms with van der Waals surface area (Å²) < 4.78 is 1.66. The average Bonchev–Trinajstić information content (AvgIpc) is 3.36. The number of aromatic nitrogens is 3. The van der Waals surface area contributed by atoms with Gasteiger partial charge < -0.3 is 4.90 Å². The van der Waals surface area contributed by atoms with Gasteiger partial charge in [0.25, 0.3) is 5.91 Å². The van der Waals surface area contributed by atoms with E-state index in [4.69, 9.17) is 0 Å². The smallest absolute Gasteiger partial charge is 0.255 e. The highest BCUT2D eigenvalue weighted by Crippen LogP contribution is 2.39. The first-order valence-corrected chi connectivity index (χ1v) is 9.99. The molecule has 29 heavy (non-hydrogen) atoms. The molecule has 1 atom stereocenters. The summed E-state index contributed by atoms with van der Waals surface area (Å²) in [5, 5.41) is 6.92. The molecule has 3 aromatic rings. The highest BCUT2D eigenvalue weighted by atomic mass is 16.2. The first-order valence-electron chi connectivity index (χ1n) is 9.99. The molecule has 1 N–H and O–H groups in total. The van der Waals surface area contributed by atoms with Crippen LogP contribution in [-0.2, 0) is 11.3 Å². The Morgan fingerprint density at radius 3 is 2.76 bits per heavy atom. The zero-order chi connectivity index (χ0) is 20.3. The van der Waals surface area contributed by atoms with Crippen molar-refractivity contribution < 1.29 is 9.59 Å². The highest BCUT2D eigenvalue weighted by molar-refractivity contribution is 6.00. The maximum Gasteiger partial charge on any atom is 0.255 e. The van der Waals surface area contributed by atoms with Crippen molar-refractivity contribution in [2.24, 2.45) is 5.92 Å². The number of carbonyl (C=O) groups excluding carboxylic acids is 2. The summed E-state index contributed by atoms with van der Waals surface area (Å²) in [6.45, 7) is 6.29. The van der Waals surface area contributed by atoms with Gasteiger partial charge in [-0.25, -0.2) is 4.52 Å². The zero-order valence-electron chi connectivity index (χ0n) is 16.8. The van der Waals surface area contributed by atoms with Gasteiger partial charge in [-0.3, -0.25) is 14.9 Å². The van der Waals surface area contributed by atoms with Gasteiger partial charge >= 0.3 is 0 Å². The van der Waals surface area contributed by atoms with Gasteiger partial charge in [-0.1, -0.05) is 6.07 Å². The van der Waals surface area contributed by atoms with E-state index in [2.05, 4.69) is 34.5 Å². The number of rotatable bonds is 4. The van der Waals surface area contributed by atoms with E-state index in [0.717, 1.165) is 27.8 Å². The molecule has 0 unspecified atom stereocenters. The van der Waals surface area contributed by atoms with Gasteiger partial charge in [0, 0.05) is 36.8 Å². The van der Waals surface area contributed by atoms with Gasteiger partial charge in [-0.15, -0.1) is 5.10 Å². The number of benzene rings is 1. The van der Waals surface area contributed by atoms with Gasteiger partial charge in [0.15, 0.2) is 5.65 Å². The Kier molecular flexibility index (Phi) is 3.94. The summed E-state index contributed by atoms with van der Waals surface area (Å²) in [7, 11) is 0. The van der Waals surface area contributed by atoms with Crippen LogP contribution in [0.3, 0.4) is 0 Å². The van der Waals surface area contributed by atoms with Crippen LogP contribution in [0.4, 0.5) is 5.95 Å². The second-order valence-corrected chi connectivity index (χ2v) is 8.18. The molecule has 3 heterocycles. The van der Waals surface area contributed by atoms with E-state index in [1.54, 1.807) is 4.52 Å². The number of fused-ring (bicyclic) bond motifs is 2. The Balaban J connectivity index is 1.50. The normalized spacial score (nSPS) is 16.9. The van der Waals surface area contributed by atoms with Crippen LogP contribution in [0.15, 0.2) is 30.5 Å². The first-order chi connectivity index (χ1) is 13.9. The number of pyridine rings is 1. The molecule has 7 heteroatoms. The number of aryl methyl sites for hydroxylation is 1. The van der Waals surface area contributed by atoms with Crippen molar-refractivity contribution in [3.8, 4) is 11.1 Å². The van der Waals surface area contributed by atoms with Crippen LogP contribution in [0.2, 0.25) is 0 Å².